The first kappa shape index (κ1) is 14.6. The molecule has 0 saturated carbocycles. The predicted molar refractivity (Wildman–Crippen MR) is 68.8 cm³/mol. The summed E-state index contributed by atoms with van der Waals surface area (Å²) in [5.74, 6) is -0.869. The van der Waals surface area contributed by atoms with Crippen LogP contribution in [-0.4, -0.2) is 19.1 Å². The summed E-state index contributed by atoms with van der Waals surface area (Å²) in [5, 5.41) is 3.09. The number of aryl methyl sites for hydroxylation is 1. The zero-order valence-corrected chi connectivity index (χ0v) is 11.3. The highest BCUT2D eigenvalue weighted by Crippen LogP contribution is 2.21. The Morgan fingerprint density at radius 3 is 2.72 bits per heavy atom. The first-order chi connectivity index (χ1) is 8.49. The Labute approximate surface area is 107 Å². The third kappa shape index (κ3) is 3.53. The average Bonchev–Trinajstić information content (AvgIpc) is 2.37. The third-order valence-electron chi connectivity index (χ3n) is 2.96. The summed E-state index contributed by atoms with van der Waals surface area (Å²) in [6, 6.07) is 4.07. The highest BCUT2D eigenvalue weighted by atomic mass is 19.1. The molecule has 0 amide bonds. The molecule has 0 saturated heterocycles. The molecule has 0 heterocycles. The number of halogens is 1. The van der Waals surface area contributed by atoms with Gasteiger partial charge in [0.25, 0.3) is 0 Å². The summed E-state index contributed by atoms with van der Waals surface area (Å²) in [6.07, 6.45) is 0.848. The van der Waals surface area contributed by atoms with Crippen LogP contribution >= 0.6 is 0 Å². The molecular weight excluding hydrogens is 233 g/mol. The Hall–Kier alpha value is -1.42. The van der Waals surface area contributed by atoms with Gasteiger partial charge in [-0.2, -0.15) is 0 Å². The highest BCUT2D eigenvalue weighted by Gasteiger charge is 2.25. The number of carbonyl (C=O) groups excluding carboxylic acids is 1. The second-order valence-electron chi connectivity index (χ2n) is 4.46. The quantitative estimate of drug-likeness (QED) is 0.820. The van der Waals surface area contributed by atoms with Crippen LogP contribution in [0.1, 0.15) is 37.4 Å². The number of methoxy groups -OCH3 is 1. The van der Waals surface area contributed by atoms with Crippen LogP contribution in [0.25, 0.3) is 0 Å². The second-order valence-corrected chi connectivity index (χ2v) is 4.46. The minimum atomic E-state index is -0.759. The van der Waals surface area contributed by atoms with Crippen molar-refractivity contribution < 1.29 is 13.9 Å². The van der Waals surface area contributed by atoms with Crippen LogP contribution in [0, 0.1) is 12.7 Å². The maximum atomic E-state index is 13.8. The van der Waals surface area contributed by atoms with Gasteiger partial charge in [0.15, 0.2) is 0 Å². The lowest BCUT2D eigenvalue weighted by Gasteiger charge is -2.21. The predicted octanol–water partition coefficient (Wildman–Crippen LogP) is 2.74. The van der Waals surface area contributed by atoms with Gasteiger partial charge in [-0.05, 0) is 26.3 Å². The zero-order valence-electron chi connectivity index (χ0n) is 11.3. The number of ether oxygens (including phenoxy) is 1. The number of esters is 1. The molecule has 0 aliphatic carbocycles. The second kappa shape index (κ2) is 6.50. The van der Waals surface area contributed by atoms with E-state index in [9.17, 15) is 9.18 Å². The molecule has 0 aromatic heterocycles. The molecule has 100 valence electrons. The number of rotatable bonds is 5. The molecule has 18 heavy (non-hydrogen) atoms. The van der Waals surface area contributed by atoms with Crippen LogP contribution in [0.2, 0.25) is 0 Å². The summed E-state index contributed by atoms with van der Waals surface area (Å²) in [5.41, 5.74) is 1.24. The van der Waals surface area contributed by atoms with Crippen molar-refractivity contribution in [3.63, 3.8) is 0 Å². The van der Waals surface area contributed by atoms with Crippen molar-refractivity contribution in [3.8, 4) is 0 Å². The fraction of sp³-hybridized carbons (Fsp3) is 0.500. The van der Waals surface area contributed by atoms with Crippen LogP contribution in [0.5, 0.6) is 0 Å². The molecule has 1 aromatic rings. The summed E-state index contributed by atoms with van der Waals surface area (Å²) in [7, 11) is 1.31. The van der Waals surface area contributed by atoms with E-state index in [0.717, 1.165) is 12.0 Å². The molecule has 4 heteroatoms. The number of hydrogen-bond acceptors (Lipinski definition) is 3. The van der Waals surface area contributed by atoms with Gasteiger partial charge < -0.3 is 4.74 Å². The Morgan fingerprint density at radius 1 is 1.50 bits per heavy atom. The first-order valence-electron chi connectivity index (χ1n) is 6.09. The fourth-order valence-electron chi connectivity index (χ4n) is 1.69. The molecule has 3 nitrogen and oxygen atoms in total. The Bertz CT molecular complexity index is 420. The molecule has 2 atom stereocenters. The van der Waals surface area contributed by atoms with Gasteiger partial charge in [0.2, 0.25) is 0 Å². The van der Waals surface area contributed by atoms with E-state index in [0.29, 0.717) is 5.56 Å². The minimum Gasteiger partial charge on any atom is -0.468 e. The van der Waals surface area contributed by atoms with Crippen molar-refractivity contribution in [2.45, 2.75) is 39.3 Å². The monoisotopic (exact) mass is 253 g/mol. The first-order valence-corrected chi connectivity index (χ1v) is 6.09. The van der Waals surface area contributed by atoms with Gasteiger partial charge in [-0.15, -0.1) is 0 Å². The smallest absolute Gasteiger partial charge is 0.327 e. The molecule has 1 aromatic carbocycles. The van der Waals surface area contributed by atoms with E-state index in [2.05, 4.69) is 5.32 Å². The van der Waals surface area contributed by atoms with Crippen molar-refractivity contribution in [1.29, 1.82) is 0 Å². The van der Waals surface area contributed by atoms with Crippen molar-refractivity contribution in [2.24, 2.45) is 0 Å². The normalized spacial score (nSPS) is 14.1. The topological polar surface area (TPSA) is 38.3 Å². The summed E-state index contributed by atoms with van der Waals surface area (Å²) in [4.78, 5) is 11.8. The van der Waals surface area contributed by atoms with Crippen LogP contribution in [0.15, 0.2) is 18.2 Å². The van der Waals surface area contributed by atoms with Gasteiger partial charge in [0.1, 0.15) is 11.9 Å². The van der Waals surface area contributed by atoms with Crippen molar-refractivity contribution >= 4 is 5.97 Å². The van der Waals surface area contributed by atoms with Crippen molar-refractivity contribution in [3.05, 3.63) is 35.1 Å². The van der Waals surface area contributed by atoms with E-state index >= 15 is 0 Å². The molecule has 2 unspecified atom stereocenters. The SMILES string of the molecule is CCC(C)NC(C(=O)OC)c1cc(C)ccc1F. The molecule has 0 aliphatic heterocycles. The van der Waals surface area contributed by atoms with E-state index < -0.39 is 17.8 Å². The molecule has 0 fully saturated rings. The lowest BCUT2D eigenvalue weighted by molar-refractivity contribution is -0.143. The largest absolute Gasteiger partial charge is 0.468 e. The number of benzene rings is 1. The lowest BCUT2D eigenvalue weighted by atomic mass is 10.0. The molecular formula is C14H20FNO2. The summed E-state index contributed by atoms with van der Waals surface area (Å²) in [6.45, 7) is 5.81. The molecule has 0 aliphatic rings. The number of nitrogens with one attached hydrogen (secondary N) is 1. The molecule has 0 bridgehead atoms. The van der Waals surface area contributed by atoms with Crippen LogP contribution in [0.3, 0.4) is 0 Å². The van der Waals surface area contributed by atoms with Gasteiger partial charge in [0, 0.05) is 11.6 Å². The zero-order chi connectivity index (χ0) is 13.7. The van der Waals surface area contributed by atoms with Crippen LogP contribution < -0.4 is 5.32 Å². The third-order valence-corrected chi connectivity index (χ3v) is 2.96. The minimum absolute atomic E-state index is 0.106. The highest BCUT2D eigenvalue weighted by molar-refractivity contribution is 5.77. The van der Waals surface area contributed by atoms with Gasteiger partial charge in [-0.1, -0.05) is 24.6 Å². The van der Waals surface area contributed by atoms with E-state index in [1.165, 1.54) is 13.2 Å². The molecule has 0 spiro atoms. The Morgan fingerprint density at radius 2 is 2.17 bits per heavy atom. The van der Waals surface area contributed by atoms with E-state index in [1.54, 1.807) is 12.1 Å². The van der Waals surface area contributed by atoms with E-state index in [1.807, 2.05) is 20.8 Å². The van der Waals surface area contributed by atoms with Crippen LogP contribution in [-0.2, 0) is 9.53 Å². The van der Waals surface area contributed by atoms with Crippen LogP contribution in [0.4, 0.5) is 4.39 Å². The number of hydrogen-bond donors (Lipinski definition) is 1. The van der Waals surface area contributed by atoms with Gasteiger partial charge in [-0.3, -0.25) is 5.32 Å². The summed E-state index contributed by atoms with van der Waals surface area (Å²) < 4.78 is 18.6. The van der Waals surface area contributed by atoms with Gasteiger partial charge in [-0.25, -0.2) is 9.18 Å². The molecule has 1 N–H and O–H groups in total. The Kier molecular flexibility index (Phi) is 5.28. The van der Waals surface area contributed by atoms with E-state index in [4.69, 9.17) is 4.74 Å². The fourth-order valence-corrected chi connectivity index (χ4v) is 1.69. The molecule has 0 radical (unpaired) electrons. The summed E-state index contributed by atoms with van der Waals surface area (Å²) >= 11 is 0. The standard InChI is InChI=1S/C14H20FNO2/c1-5-10(3)16-13(14(17)18-4)11-8-9(2)6-7-12(11)15/h6-8,10,13,16H,5H2,1-4H3. The Balaban J connectivity index is 3.08. The van der Waals surface area contributed by atoms with E-state index in [-0.39, 0.29) is 6.04 Å². The number of carbonyl (C=O) groups is 1. The molecule has 1 rings (SSSR count). The van der Waals surface area contributed by atoms with Gasteiger partial charge >= 0.3 is 5.97 Å². The van der Waals surface area contributed by atoms with Gasteiger partial charge in [0.05, 0.1) is 7.11 Å². The van der Waals surface area contributed by atoms with Crippen molar-refractivity contribution in [1.82, 2.24) is 5.32 Å². The van der Waals surface area contributed by atoms with Crippen molar-refractivity contribution in [2.75, 3.05) is 7.11 Å². The maximum Gasteiger partial charge on any atom is 0.327 e. The average molecular weight is 253 g/mol. The lowest BCUT2D eigenvalue weighted by Crippen LogP contribution is -2.36. The maximum absolute atomic E-state index is 13.8.